The highest BCUT2D eigenvalue weighted by molar-refractivity contribution is 5.83. The van der Waals surface area contributed by atoms with Crippen LogP contribution in [0, 0.1) is 5.82 Å². The van der Waals surface area contributed by atoms with Crippen LogP contribution >= 0.6 is 0 Å². The molecule has 1 amide bonds. The first-order valence-corrected chi connectivity index (χ1v) is 6.08. The number of amides is 1. The quantitative estimate of drug-likeness (QED) is 0.848. The number of nitrogens with two attached hydrogens (primary N) is 1. The molecule has 0 saturated carbocycles. The molecule has 5 heteroatoms. The molecule has 0 aliphatic carbocycles. The molecule has 2 rings (SSSR count). The lowest BCUT2D eigenvalue weighted by Crippen LogP contribution is -2.47. The van der Waals surface area contributed by atoms with Gasteiger partial charge in [-0.25, -0.2) is 4.39 Å². The van der Waals surface area contributed by atoms with Crippen LogP contribution in [0.1, 0.15) is 24.8 Å². The van der Waals surface area contributed by atoms with E-state index in [1.54, 1.807) is 6.07 Å². The van der Waals surface area contributed by atoms with Gasteiger partial charge in [-0.3, -0.25) is 4.79 Å². The SMILES string of the molecule is NC(=O)C1CCCCN1c1cc(F)cc(CO)c1. The lowest BCUT2D eigenvalue weighted by Gasteiger charge is -2.35. The first-order chi connectivity index (χ1) is 8.61. The van der Waals surface area contributed by atoms with E-state index < -0.39 is 5.82 Å². The number of piperidine rings is 1. The van der Waals surface area contributed by atoms with Gasteiger partial charge in [-0.05, 0) is 43.0 Å². The molecule has 1 aliphatic rings. The minimum Gasteiger partial charge on any atom is -0.392 e. The number of rotatable bonds is 3. The van der Waals surface area contributed by atoms with Crippen molar-refractivity contribution in [1.82, 2.24) is 0 Å². The molecule has 1 saturated heterocycles. The number of carbonyl (C=O) groups excluding carboxylic acids is 1. The highest BCUT2D eigenvalue weighted by Gasteiger charge is 2.27. The van der Waals surface area contributed by atoms with E-state index in [4.69, 9.17) is 10.8 Å². The van der Waals surface area contributed by atoms with Crippen LogP contribution in [0.25, 0.3) is 0 Å². The van der Waals surface area contributed by atoms with Crippen molar-refractivity contribution in [3.63, 3.8) is 0 Å². The average Bonchev–Trinajstić information content (AvgIpc) is 2.38. The maximum Gasteiger partial charge on any atom is 0.240 e. The molecule has 1 aromatic carbocycles. The van der Waals surface area contributed by atoms with Crippen molar-refractivity contribution in [2.24, 2.45) is 5.73 Å². The lowest BCUT2D eigenvalue weighted by atomic mass is 10.00. The zero-order valence-corrected chi connectivity index (χ0v) is 10.1. The minimum atomic E-state index is -0.412. The number of aliphatic hydroxyl groups excluding tert-OH is 1. The van der Waals surface area contributed by atoms with Crippen LogP contribution in [0.3, 0.4) is 0 Å². The van der Waals surface area contributed by atoms with Gasteiger partial charge in [0.1, 0.15) is 11.9 Å². The molecule has 0 radical (unpaired) electrons. The summed E-state index contributed by atoms with van der Waals surface area (Å²) in [4.78, 5) is 13.2. The van der Waals surface area contributed by atoms with Crippen LogP contribution in [0.15, 0.2) is 18.2 Å². The summed E-state index contributed by atoms with van der Waals surface area (Å²) in [7, 11) is 0. The number of primary amides is 1. The highest BCUT2D eigenvalue weighted by Crippen LogP contribution is 2.26. The summed E-state index contributed by atoms with van der Waals surface area (Å²) in [5, 5.41) is 9.08. The Bertz CT molecular complexity index is 451. The zero-order chi connectivity index (χ0) is 13.1. The minimum absolute atomic E-state index is 0.222. The fraction of sp³-hybridized carbons (Fsp3) is 0.462. The molecule has 1 unspecified atom stereocenters. The number of aliphatic hydroxyl groups is 1. The average molecular weight is 252 g/mol. The Balaban J connectivity index is 2.33. The Kier molecular flexibility index (Phi) is 3.81. The van der Waals surface area contributed by atoms with Crippen molar-refractivity contribution < 1.29 is 14.3 Å². The van der Waals surface area contributed by atoms with Crippen LogP contribution in [0.5, 0.6) is 0 Å². The maximum atomic E-state index is 13.4. The Morgan fingerprint density at radius 1 is 1.44 bits per heavy atom. The molecule has 18 heavy (non-hydrogen) atoms. The number of halogens is 1. The summed E-state index contributed by atoms with van der Waals surface area (Å²) < 4.78 is 13.4. The van der Waals surface area contributed by atoms with Crippen LogP contribution < -0.4 is 10.6 Å². The molecule has 3 N–H and O–H groups in total. The molecular formula is C13H17FN2O2. The number of hydrogen-bond acceptors (Lipinski definition) is 3. The Morgan fingerprint density at radius 3 is 2.89 bits per heavy atom. The van der Waals surface area contributed by atoms with E-state index in [2.05, 4.69) is 0 Å². The lowest BCUT2D eigenvalue weighted by molar-refractivity contribution is -0.119. The standard InChI is InChI=1S/C13H17FN2O2/c14-10-5-9(8-17)6-11(7-10)16-4-2-1-3-12(16)13(15)18/h5-7,12,17H,1-4,8H2,(H2,15,18). The fourth-order valence-corrected chi connectivity index (χ4v) is 2.43. The number of hydrogen-bond donors (Lipinski definition) is 2. The van der Waals surface area contributed by atoms with E-state index in [9.17, 15) is 9.18 Å². The van der Waals surface area contributed by atoms with Gasteiger partial charge in [0.25, 0.3) is 0 Å². The molecule has 4 nitrogen and oxygen atoms in total. The molecule has 0 spiro atoms. The molecule has 1 aliphatic heterocycles. The summed E-state index contributed by atoms with van der Waals surface area (Å²) in [5.74, 6) is -0.796. The molecule has 1 aromatic rings. The van der Waals surface area contributed by atoms with E-state index >= 15 is 0 Å². The van der Waals surface area contributed by atoms with E-state index in [1.165, 1.54) is 12.1 Å². The van der Waals surface area contributed by atoms with Crippen molar-refractivity contribution in [2.45, 2.75) is 31.9 Å². The molecule has 1 atom stereocenters. The maximum absolute atomic E-state index is 13.4. The van der Waals surface area contributed by atoms with Gasteiger partial charge in [-0.1, -0.05) is 0 Å². The third-order valence-electron chi connectivity index (χ3n) is 3.29. The molecule has 1 fully saturated rings. The second-order valence-electron chi connectivity index (χ2n) is 4.58. The van der Waals surface area contributed by atoms with Gasteiger partial charge < -0.3 is 15.7 Å². The van der Waals surface area contributed by atoms with Crippen LogP contribution in [-0.2, 0) is 11.4 Å². The summed E-state index contributed by atoms with van der Waals surface area (Å²) in [6.45, 7) is 0.460. The Labute approximate surface area is 105 Å². The Hall–Kier alpha value is -1.62. The van der Waals surface area contributed by atoms with Crippen LogP contribution in [0.2, 0.25) is 0 Å². The van der Waals surface area contributed by atoms with Crippen molar-refractivity contribution in [2.75, 3.05) is 11.4 Å². The smallest absolute Gasteiger partial charge is 0.240 e. The summed E-state index contributed by atoms with van der Waals surface area (Å²) >= 11 is 0. The zero-order valence-electron chi connectivity index (χ0n) is 10.1. The van der Waals surface area contributed by atoms with Gasteiger partial charge in [0.2, 0.25) is 5.91 Å². The van der Waals surface area contributed by atoms with Crippen LogP contribution in [0.4, 0.5) is 10.1 Å². The van der Waals surface area contributed by atoms with E-state index in [1.807, 2.05) is 4.90 Å². The van der Waals surface area contributed by atoms with Gasteiger partial charge in [0, 0.05) is 12.2 Å². The number of anilines is 1. The molecule has 98 valence electrons. The van der Waals surface area contributed by atoms with E-state index in [-0.39, 0.29) is 18.6 Å². The predicted molar refractivity (Wildman–Crippen MR) is 66.5 cm³/mol. The summed E-state index contributed by atoms with van der Waals surface area (Å²) in [6, 6.07) is 3.98. The van der Waals surface area contributed by atoms with Gasteiger partial charge in [-0.2, -0.15) is 0 Å². The van der Waals surface area contributed by atoms with Crippen molar-refractivity contribution in [3.8, 4) is 0 Å². The number of nitrogens with zero attached hydrogens (tertiary/aromatic N) is 1. The predicted octanol–water partition coefficient (Wildman–Crippen LogP) is 1.16. The first-order valence-electron chi connectivity index (χ1n) is 6.08. The van der Waals surface area contributed by atoms with Crippen LogP contribution in [-0.4, -0.2) is 23.6 Å². The molecule has 1 heterocycles. The second-order valence-corrected chi connectivity index (χ2v) is 4.58. The summed E-state index contributed by atoms with van der Waals surface area (Å²) in [6.07, 6.45) is 2.60. The third kappa shape index (κ3) is 2.61. The topological polar surface area (TPSA) is 66.6 Å². The summed E-state index contributed by atoms with van der Waals surface area (Å²) in [5.41, 5.74) is 6.49. The van der Waals surface area contributed by atoms with Gasteiger partial charge in [0.15, 0.2) is 0 Å². The molecule has 0 aromatic heterocycles. The monoisotopic (exact) mass is 252 g/mol. The van der Waals surface area contributed by atoms with E-state index in [0.29, 0.717) is 24.2 Å². The second kappa shape index (κ2) is 5.35. The van der Waals surface area contributed by atoms with Gasteiger partial charge in [0.05, 0.1) is 6.61 Å². The third-order valence-corrected chi connectivity index (χ3v) is 3.29. The van der Waals surface area contributed by atoms with Crippen molar-refractivity contribution >= 4 is 11.6 Å². The molecule has 0 bridgehead atoms. The number of carbonyl (C=O) groups is 1. The van der Waals surface area contributed by atoms with Gasteiger partial charge >= 0.3 is 0 Å². The Morgan fingerprint density at radius 2 is 2.22 bits per heavy atom. The fourth-order valence-electron chi connectivity index (χ4n) is 2.43. The van der Waals surface area contributed by atoms with Crippen molar-refractivity contribution in [1.29, 1.82) is 0 Å². The largest absolute Gasteiger partial charge is 0.392 e. The van der Waals surface area contributed by atoms with E-state index in [0.717, 1.165) is 12.8 Å². The van der Waals surface area contributed by atoms with Gasteiger partial charge in [-0.15, -0.1) is 0 Å². The number of benzene rings is 1. The normalized spacial score (nSPS) is 19.9. The first kappa shape index (κ1) is 12.8. The van der Waals surface area contributed by atoms with Crippen molar-refractivity contribution in [3.05, 3.63) is 29.6 Å². The highest BCUT2D eigenvalue weighted by atomic mass is 19.1. The molecular weight excluding hydrogens is 235 g/mol.